The standard InChI is InChI=1S/C22H28BrClN2/c23-21-9-5-19(6-10-21)15-26(16-20-7-11-22(24)12-8-20)14-18-3-1-17(13-25)2-4-18/h5-12,17-18H,1-4,13-16,25H2. The number of nitrogens with zero attached hydrogens (tertiary/aromatic N) is 1. The van der Waals surface area contributed by atoms with Crippen molar-refractivity contribution in [2.24, 2.45) is 17.6 Å². The Balaban J connectivity index is 1.66. The van der Waals surface area contributed by atoms with Crippen LogP contribution < -0.4 is 5.73 Å². The molecule has 0 radical (unpaired) electrons. The van der Waals surface area contributed by atoms with Gasteiger partial charge >= 0.3 is 0 Å². The van der Waals surface area contributed by atoms with Crippen molar-refractivity contribution in [1.29, 1.82) is 0 Å². The van der Waals surface area contributed by atoms with Gasteiger partial charge in [-0.2, -0.15) is 0 Å². The Morgan fingerprint density at radius 3 is 1.88 bits per heavy atom. The summed E-state index contributed by atoms with van der Waals surface area (Å²) in [6.07, 6.45) is 5.18. The Bertz CT molecular complexity index is 616. The van der Waals surface area contributed by atoms with Crippen molar-refractivity contribution < 1.29 is 0 Å². The van der Waals surface area contributed by atoms with E-state index < -0.39 is 0 Å². The van der Waals surface area contributed by atoms with Crippen LogP contribution in [-0.2, 0) is 13.1 Å². The molecule has 1 fully saturated rings. The fraction of sp³-hybridized carbons (Fsp3) is 0.455. The van der Waals surface area contributed by atoms with Gasteiger partial charge in [-0.3, -0.25) is 4.90 Å². The van der Waals surface area contributed by atoms with Crippen molar-refractivity contribution in [3.8, 4) is 0 Å². The second-order valence-corrected chi connectivity index (χ2v) is 8.90. The van der Waals surface area contributed by atoms with E-state index in [1.54, 1.807) is 0 Å². The molecule has 0 aromatic heterocycles. The first-order chi connectivity index (χ1) is 12.6. The number of hydrogen-bond donors (Lipinski definition) is 1. The highest BCUT2D eigenvalue weighted by molar-refractivity contribution is 9.10. The molecule has 0 atom stereocenters. The summed E-state index contributed by atoms with van der Waals surface area (Å²) in [5, 5.41) is 0.799. The van der Waals surface area contributed by atoms with Crippen LogP contribution in [0, 0.1) is 11.8 Å². The minimum absolute atomic E-state index is 0.738. The Kier molecular flexibility index (Phi) is 7.56. The SMILES string of the molecule is NCC1CCC(CN(Cc2ccc(Cl)cc2)Cc2ccc(Br)cc2)CC1. The Morgan fingerprint density at radius 2 is 1.35 bits per heavy atom. The molecule has 0 amide bonds. The number of benzene rings is 2. The lowest BCUT2D eigenvalue weighted by atomic mass is 9.82. The zero-order valence-corrected chi connectivity index (χ0v) is 17.6. The number of halogens is 2. The minimum Gasteiger partial charge on any atom is -0.330 e. The molecule has 2 N–H and O–H groups in total. The summed E-state index contributed by atoms with van der Waals surface area (Å²) in [5.41, 5.74) is 8.53. The molecule has 2 aromatic carbocycles. The van der Waals surface area contributed by atoms with E-state index in [-0.39, 0.29) is 0 Å². The normalized spacial score (nSPS) is 20.5. The Hall–Kier alpha value is -0.870. The van der Waals surface area contributed by atoms with Gasteiger partial charge in [-0.1, -0.05) is 51.8 Å². The highest BCUT2D eigenvalue weighted by Gasteiger charge is 2.22. The van der Waals surface area contributed by atoms with Gasteiger partial charge in [0, 0.05) is 29.1 Å². The molecule has 0 unspecified atom stereocenters. The number of hydrogen-bond acceptors (Lipinski definition) is 2. The smallest absolute Gasteiger partial charge is 0.0406 e. The van der Waals surface area contributed by atoms with Crippen LogP contribution >= 0.6 is 27.5 Å². The minimum atomic E-state index is 0.738. The van der Waals surface area contributed by atoms with Crippen molar-refractivity contribution in [1.82, 2.24) is 4.90 Å². The van der Waals surface area contributed by atoms with Crippen molar-refractivity contribution in [2.45, 2.75) is 38.8 Å². The van der Waals surface area contributed by atoms with Crippen LogP contribution in [0.1, 0.15) is 36.8 Å². The van der Waals surface area contributed by atoms with Gasteiger partial charge in [0.1, 0.15) is 0 Å². The van der Waals surface area contributed by atoms with Gasteiger partial charge in [0.15, 0.2) is 0 Å². The largest absolute Gasteiger partial charge is 0.330 e. The summed E-state index contributed by atoms with van der Waals surface area (Å²) in [6, 6.07) is 16.9. The third-order valence-electron chi connectivity index (χ3n) is 5.45. The fourth-order valence-corrected chi connectivity index (χ4v) is 4.29. The second-order valence-electron chi connectivity index (χ2n) is 7.55. The van der Waals surface area contributed by atoms with E-state index in [9.17, 15) is 0 Å². The second kappa shape index (κ2) is 9.89. The van der Waals surface area contributed by atoms with Gasteiger partial charge < -0.3 is 5.73 Å². The lowest BCUT2D eigenvalue weighted by molar-refractivity contribution is 0.170. The van der Waals surface area contributed by atoms with E-state index >= 15 is 0 Å². The molecule has 0 aliphatic heterocycles. The first-order valence-electron chi connectivity index (χ1n) is 9.53. The van der Waals surface area contributed by atoms with Crippen LogP contribution in [0.3, 0.4) is 0 Å². The zero-order chi connectivity index (χ0) is 18.4. The highest BCUT2D eigenvalue weighted by atomic mass is 79.9. The molecule has 3 rings (SSSR count). The molecule has 0 spiro atoms. The van der Waals surface area contributed by atoms with Gasteiger partial charge in [0.2, 0.25) is 0 Å². The average Bonchev–Trinajstić information content (AvgIpc) is 2.66. The van der Waals surface area contributed by atoms with Crippen molar-refractivity contribution in [3.63, 3.8) is 0 Å². The van der Waals surface area contributed by atoms with E-state index in [0.29, 0.717) is 0 Å². The summed E-state index contributed by atoms with van der Waals surface area (Å²) in [6.45, 7) is 3.94. The monoisotopic (exact) mass is 434 g/mol. The summed E-state index contributed by atoms with van der Waals surface area (Å²) in [7, 11) is 0. The molecule has 2 aromatic rings. The van der Waals surface area contributed by atoms with Gasteiger partial charge in [-0.25, -0.2) is 0 Å². The van der Waals surface area contributed by atoms with Crippen LogP contribution in [0.15, 0.2) is 53.0 Å². The van der Waals surface area contributed by atoms with Crippen molar-refractivity contribution in [2.75, 3.05) is 13.1 Å². The summed E-state index contributed by atoms with van der Waals surface area (Å²) >= 11 is 9.58. The average molecular weight is 436 g/mol. The molecule has 0 saturated heterocycles. The fourth-order valence-electron chi connectivity index (χ4n) is 3.90. The molecule has 140 valence electrons. The van der Waals surface area contributed by atoms with E-state index in [2.05, 4.69) is 57.2 Å². The van der Waals surface area contributed by atoms with Crippen LogP contribution in [0.4, 0.5) is 0 Å². The maximum Gasteiger partial charge on any atom is 0.0406 e. The van der Waals surface area contributed by atoms with E-state index in [1.807, 2.05) is 12.1 Å². The molecule has 4 heteroatoms. The van der Waals surface area contributed by atoms with Gasteiger partial charge in [0.25, 0.3) is 0 Å². The molecule has 2 nitrogen and oxygen atoms in total. The van der Waals surface area contributed by atoms with Gasteiger partial charge in [0.05, 0.1) is 0 Å². The third kappa shape index (κ3) is 6.09. The lowest BCUT2D eigenvalue weighted by Crippen LogP contribution is -2.32. The predicted molar refractivity (Wildman–Crippen MR) is 114 cm³/mol. The molecule has 0 bridgehead atoms. The maximum atomic E-state index is 6.05. The maximum absolute atomic E-state index is 6.05. The van der Waals surface area contributed by atoms with E-state index in [4.69, 9.17) is 17.3 Å². The summed E-state index contributed by atoms with van der Waals surface area (Å²) in [5.74, 6) is 1.52. The van der Waals surface area contributed by atoms with Gasteiger partial charge in [-0.15, -0.1) is 0 Å². The van der Waals surface area contributed by atoms with Gasteiger partial charge in [-0.05, 0) is 79.5 Å². The molecule has 1 saturated carbocycles. The Morgan fingerprint density at radius 1 is 0.846 bits per heavy atom. The predicted octanol–water partition coefficient (Wildman–Crippen LogP) is 5.87. The lowest BCUT2D eigenvalue weighted by Gasteiger charge is -2.32. The molecule has 1 aliphatic carbocycles. The summed E-state index contributed by atoms with van der Waals surface area (Å²) in [4.78, 5) is 2.58. The number of rotatable bonds is 7. The van der Waals surface area contributed by atoms with Crippen molar-refractivity contribution >= 4 is 27.5 Å². The van der Waals surface area contributed by atoms with Crippen LogP contribution in [-0.4, -0.2) is 18.0 Å². The first-order valence-corrected chi connectivity index (χ1v) is 10.7. The van der Waals surface area contributed by atoms with Crippen LogP contribution in [0.2, 0.25) is 5.02 Å². The van der Waals surface area contributed by atoms with E-state index in [1.165, 1.54) is 36.8 Å². The molecule has 1 aliphatic rings. The molecule has 26 heavy (non-hydrogen) atoms. The quantitative estimate of drug-likeness (QED) is 0.589. The topological polar surface area (TPSA) is 29.3 Å². The van der Waals surface area contributed by atoms with Crippen LogP contribution in [0.5, 0.6) is 0 Å². The highest BCUT2D eigenvalue weighted by Crippen LogP contribution is 2.29. The third-order valence-corrected chi connectivity index (χ3v) is 6.24. The summed E-state index contributed by atoms with van der Waals surface area (Å²) < 4.78 is 1.13. The molecular formula is C22H28BrClN2. The van der Waals surface area contributed by atoms with E-state index in [0.717, 1.165) is 47.5 Å². The first kappa shape index (κ1) is 19.9. The number of nitrogens with two attached hydrogens (primary N) is 1. The van der Waals surface area contributed by atoms with Crippen LogP contribution in [0.25, 0.3) is 0 Å². The molecular weight excluding hydrogens is 408 g/mol. The zero-order valence-electron chi connectivity index (χ0n) is 15.2. The van der Waals surface area contributed by atoms with Crippen molar-refractivity contribution in [3.05, 3.63) is 69.2 Å². The molecule has 0 heterocycles. The Labute approximate surface area is 170 Å².